The molecule has 2 aromatic rings. The quantitative estimate of drug-likeness (QED) is 0.880. The van der Waals surface area contributed by atoms with E-state index in [1.165, 1.54) is 24.5 Å². The molecule has 1 amide bonds. The fourth-order valence-corrected chi connectivity index (χ4v) is 1.54. The maximum absolute atomic E-state index is 13.1. The maximum atomic E-state index is 13.1. The second-order valence-corrected chi connectivity index (χ2v) is 3.74. The summed E-state index contributed by atoms with van der Waals surface area (Å²) in [7, 11) is 0. The van der Waals surface area contributed by atoms with Gasteiger partial charge in [0.25, 0.3) is 5.91 Å². The Morgan fingerprint density at radius 2 is 2.35 bits per heavy atom. The second kappa shape index (κ2) is 4.97. The van der Waals surface area contributed by atoms with Crippen molar-refractivity contribution < 1.29 is 9.18 Å². The Labute approximate surface area is 102 Å². The summed E-state index contributed by atoms with van der Waals surface area (Å²) < 4.78 is 13.1. The van der Waals surface area contributed by atoms with Crippen LogP contribution in [0.2, 0.25) is 5.02 Å². The number of aromatic nitrogens is 2. The number of nitrogens with one attached hydrogen (secondary N) is 2. The molecule has 0 bridgehead atoms. The highest BCUT2D eigenvalue weighted by molar-refractivity contribution is 6.34. The minimum atomic E-state index is -0.610. The number of aromatic amines is 1. The summed E-state index contributed by atoms with van der Waals surface area (Å²) in [5.41, 5.74) is 0.872. The van der Waals surface area contributed by atoms with Crippen molar-refractivity contribution >= 4 is 17.5 Å². The number of hydrogen-bond acceptors (Lipinski definition) is 2. The van der Waals surface area contributed by atoms with Gasteiger partial charge in [-0.1, -0.05) is 17.7 Å². The van der Waals surface area contributed by atoms with Crippen LogP contribution < -0.4 is 5.32 Å². The zero-order valence-electron chi connectivity index (χ0n) is 8.71. The minimum Gasteiger partial charge on any atom is -0.347 e. The van der Waals surface area contributed by atoms with E-state index in [2.05, 4.69) is 15.3 Å². The van der Waals surface area contributed by atoms with Gasteiger partial charge in [-0.05, 0) is 12.1 Å². The molecule has 0 aliphatic heterocycles. The van der Waals surface area contributed by atoms with Crippen LogP contribution >= 0.6 is 11.6 Å². The number of benzene rings is 1. The lowest BCUT2D eigenvalue weighted by Gasteiger charge is -2.05. The third-order valence-corrected chi connectivity index (χ3v) is 2.57. The summed E-state index contributed by atoms with van der Waals surface area (Å²) in [5, 5.41) is 2.44. The van der Waals surface area contributed by atoms with Gasteiger partial charge in [0.1, 0.15) is 5.82 Å². The first-order chi connectivity index (χ1) is 8.18. The van der Waals surface area contributed by atoms with Crippen LogP contribution in [0.1, 0.15) is 16.1 Å². The molecule has 1 aromatic carbocycles. The molecule has 0 aliphatic rings. The zero-order chi connectivity index (χ0) is 12.3. The van der Waals surface area contributed by atoms with E-state index >= 15 is 0 Å². The molecule has 0 saturated heterocycles. The van der Waals surface area contributed by atoms with E-state index < -0.39 is 11.7 Å². The van der Waals surface area contributed by atoms with Crippen LogP contribution in [-0.4, -0.2) is 15.9 Å². The van der Waals surface area contributed by atoms with Crippen molar-refractivity contribution in [3.05, 3.63) is 52.8 Å². The Balaban J connectivity index is 2.07. The first kappa shape index (κ1) is 11.6. The van der Waals surface area contributed by atoms with E-state index in [9.17, 15) is 9.18 Å². The Morgan fingerprint density at radius 1 is 1.53 bits per heavy atom. The minimum absolute atomic E-state index is 0.117. The normalized spacial score (nSPS) is 10.2. The molecule has 1 aromatic heterocycles. The fourth-order valence-electron chi connectivity index (χ4n) is 1.33. The van der Waals surface area contributed by atoms with Crippen molar-refractivity contribution in [2.75, 3.05) is 0 Å². The molecule has 0 aliphatic carbocycles. The standard InChI is InChI=1S/C11H9ClFN3O/c12-10-8(2-1-3-9(10)13)11(17)15-5-7-4-14-6-16-7/h1-4,6H,5H2,(H,14,16)(H,15,17). The summed E-state index contributed by atoms with van der Waals surface area (Å²) in [6.45, 7) is 0.283. The number of carbonyl (C=O) groups is 1. The van der Waals surface area contributed by atoms with Gasteiger partial charge in [0.05, 0.1) is 29.2 Å². The van der Waals surface area contributed by atoms with Gasteiger partial charge in [0, 0.05) is 6.20 Å². The van der Waals surface area contributed by atoms with Crippen LogP contribution in [0.15, 0.2) is 30.7 Å². The summed E-state index contributed by atoms with van der Waals surface area (Å²) >= 11 is 5.69. The van der Waals surface area contributed by atoms with E-state index in [1.807, 2.05) is 0 Å². The van der Waals surface area contributed by atoms with Crippen LogP contribution in [0.25, 0.3) is 0 Å². The van der Waals surface area contributed by atoms with Crippen molar-refractivity contribution in [2.24, 2.45) is 0 Å². The summed E-state index contributed by atoms with van der Waals surface area (Å²) in [4.78, 5) is 18.4. The number of halogens is 2. The lowest BCUT2D eigenvalue weighted by atomic mass is 10.2. The molecule has 0 radical (unpaired) electrons. The Kier molecular flexibility index (Phi) is 3.39. The van der Waals surface area contributed by atoms with Gasteiger partial charge in [-0.2, -0.15) is 0 Å². The molecular formula is C11H9ClFN3O. The highest BCUT2D eigenvalue weighted by Gasteiger charge is 2.12. The van der Waals surface area contributed by atoms with E-state index in [4.69, 9.17) is 11.6 Å². The van der Waals surface area contributed by atoms with E-state index in [0.29, 0.717) is 0 Å². The Hall–Kier alpha value is -1.88. The van der Waals surface area contributed by atoms with Gasteiger partial charge in [0.2, 0.25) is 0 Å². The van der Waals surface area contributed by atoms with Crippen molar-refractivity contribution in [3.8, 4) is 0 Å². The van der Waals surface area contributed by atoms with Gasteiger partial charge in [-0.25, -0.2) is 9.37 Å². The third kappa shape index (κ3) is 2.62. The first-order valence-electron chi connectivity index (χ1n) is 4.88. The SMILES string of the molecule is O=C(NCc1cnc[nH]1)c1cccc(F)c1Cl. The van der Waals surface area contributed by atoms with Gasteiger partial charge in [-0.15, -0.1) is 0 Å². The van der Waals surface area contributed by atoms with Crippen molar-refractivity contribution in [1.82, 2.24) is 15.3 Å². The number of nitrogens with zero attached hydrogens (tertiary/aromatic N) is 1. The van der Waals surface area contributed by atoms with E-state index in [1.54, 1.807) is 6.20 Å². The van der Waals surface area contributed by atoms with Crippen LogP contribution in [0.4, 0.5) is 4.39 Å². The number of H-pyrrole nitrogens is 1. The molecule has 0 fully saturated rings. The highest BCUT2D eigenvalue weighted by atomic mass is 35.5. The van der Waals surface area contributed by atoms with Crippen molar-refractivity contribution in [2.45, 2.75) is 6.54 Å². The van der Waals surface area contributed by atoms with Crippen LogP contribution in [0.3, 0.4) is 0 Å². The van der Waals surface area contributed by atoms with Crippen LogP contribution in [0.5, 0.6) is 0 Å². The predicted octanol–water partition coefficient (Wildman–Crippen LogP) is 2.13. The smallest absolute Gasteiger partial charge is 0.253 e. The molecule has 4 nitrogen and oxygen atoms in total. The lowest BCUT2D eigenvalue weighted by Crippen LogP contribution is -2.23. The number of rotatable bonds is 3. The van der Waals surface area contributed by atoms with Gasteiger partial charge >= 0.3 is 0 Å². The van der Waals surface area contributed by atoms with Gasteiger partial charge < -0.3 is 10.3 Å². The van der Waals surface area contributed by atoms with Crippen LogP contribution in [0, 0.1) is 5.82 Å². The van der Waals surface area contributed by atoms with Gasteiger partial charge in [0.15, 0.2) is 0 Å². The third-order valence-electron chi connectivity index (χ3n) is 2.19. The Bertz CT molecular complexity index is 528. The second-order valence-electron chi connectivity index (χ2n) is 3.36. The molecule has 0 atom stereocenters. The molecule has 1 heterocycles. The van der Waals surface area contributed by atoms with E-state index in [0.717, 1.165) is 5.69 Å². The topological polar surface area (TPSA) is 57.8 Å². The molecule has 88 valence electrons. The largest absolute Gasteiger partial charge is 0.347 e. The number of amides is 1. The van der Waals surface area contributed by atoms with Gasteiger partial charge in [-0.3, -0.25) is 4.79 Å². The number of hydrogen-bond donors (Lipinski definition) is 2. The monoisotopic (exact) mass is 253 g/mol. The zero-order valence-corrected chi connectivity index (χ0v) is 9.46. The fraction of sp³-hybridized carbons (Fsp3) is 0.0909. The first-order valence-corrected chi connectivity index (χ1v) is 5.25. The summed E-state index contributed by atoms with van der Waals surface area (Å²) in [6.07, 6.45) is 3.10. The molecule has 0 spiro atoms. The highest BCUT2D eigenvalue weighted by Crippen LogP contribution is 2.19. The number of carbonyl (C=O) groups excluding carboxylic acids is 1. The van der Waals surface area contributed by atoms with E-state index in [-0.39, 0.29) is 17.1 Å². The average Bonchev–Trinajstić information content (AvgIpc) is 2.82. The molecule has 2 N–H and O–H groups in total. The molecule has 6 heteroatoms. The average molecular weight is 254 g/mol. The van der Waals surface area contributed by atoms with Crippen molar-refractivity contribution in [3.63, 3.8) is 0 Å². The predicted molar refractivity (Wildman–Crippen MR) is 61.2 cm³/mol. The lowest BCUT2D eigenvalue weighted by molar-refractivity contribution is 0.0950. The maximum Gasteiger partial charge on any atom is 0.253 e. The summed E-state index contributed by atoms with van der Waals surface area (Å²) in [5.74, 6) is -1.04. The molecular weight excluding hydrogens is 245 g/mol. The number of imidazole rings is 1. The molecule has 2 rings (SSSR count). The van der Waals surface area contributed by atoms with Crippen molar-refractivity contribution in [1.29, 1.82) is 0 Å². The van der Waals surface area contributed by atoms with Crippen LogP contribution in [-0.2, 0) is 6.54 Å². The molecule has 17 heavy (non-hydrogen) atoms. The molecule has 0 unspecified atom stereocenters. The summed E-state index contributed by atoms with van der Waals surface area (Å²) in [6, 6.07) is 4.11. The molecule has 0 saturated carbocycles. The Morgan fingerprint density at radius 3 is 3.06 bits per heavy atom.